The lowest BCUT2D eigenvalue weighted by Gasteiger charge is -2.60. The van der Waals surface area contributed by atoms with Gasteiger partial charge in [0.1, 0.15) is 11.7 Å². The summed E-state index contributed by atoms with van der Waals surface area (Å²) in [5.74, 6) is -0.500. The van der Waals surface area contributed by atoms with Gasteiger partial charge in [0.25, 0.3) is 0 Å². The van der Waals surface area contributed by atoms with Crippen LogP contribution in [0, 0.1) is 11.8 Å². The van der Waals surface area contributed by atoms with E-state index >= 15 is 0 Å². The molecule has 0 radical (unpaired) electrons. The molecule has 5 nitrogen and oxygen atoms in total. The third-order valence-electron chi connectivity index (χ3n) is 6.08. The van der Waals surface area contributed by atoms with E-state index in [1.807, 2.05) is 36.1 Å². The molecule has 5 heteroatoms. The van der Waals surface area contributed by atoms with Crippen LogP contribution in [0.1, 0.15) is 51.0 Å². The molecule has 1 aliphatic carbocycles. The number of rotatable bonds is 3. The topological polar surface area (TPSA) is 55.8 Å². The van der Waals surface area contributed by atoms with Crippen LogP contribution in [0.4, 0.5) is 0 Å². The Labute approximate surface area is 148 Å². The van der Waals surface area contributed by atoms with Crippen molar-refractivity contribution in [1.82, 2.24) is 4.90 Å². The van der Waals surface area contributed by atoms with Gasteiger partial charge in [-0.15, -0.1) is 0 Å². The van der Waals surface area contributed by atoms with E-state index in [2.05, 4.69) is 0 Å². The van der Waals surface area contributed by atoms with Gasteiger partial charge in [0.15, 0.2) is 5.72 Å². The van der Waals surface area contributed by atoms with Crippen LogP contribution in [0.15, 0.2) is 24.3 Å². The van der Waals surface area contributed by atoms with E-state index in [1.165, 1.54) is 0 Å². The first-order valence-corrected chi connectivity index (χ1v) is 9.40. The van der Waals surface area contributed by atoms with Gasteiger partial charge in [-0.25, -0.2) is 0 Å². The van der Waals surface area contributed by atoms with Crippen molar-refractivity contribution in [3.05, 3.63) is 29.8 Å². The minimum absolute atomic E-state index is 0.140. The fourth-order valence-electron chi connectivity index (χ4n) is 5.21. The van der Waals surface area contributed by atoms with Crippen molar-refractivity contribution in [1.29, 1.82) is 0 Å². The molecule has 2 heterocycles. The highest BCUT2D eigenvalue weighted by Crippen LogP contribution is 2.58. The Hall–Kier alpha value is -2.04. The SMILES string of the molecule is CCOC(=O)[C@H]1C(=O)N(CC)[C@@]23CCCC[C@@H]2[C@H]1c1ccccc1O3. The van der Waals surface area contributed by atoms with Crippen molar-refractivity contribution >= 4 is 11.9 Å². The van der Waals surface area contributed by atoms with Gasteiger partial charge in [0.2, 0.25) is 5.91 Å². The minimum atomic E-state index is -0.763. The first-order valence-electron chi connectivity index (χ1n) is 9.40. The Morgan fingerprint density at radius 1 is 1.32 bits per heavy atom. The Morgan fingerprint density at radius 3 is 2.88 bits per heavy atom. The lowest BCUT2D eigenvalue weighted by atomic mass is 9.61. The van der Waals surface area contributed by atoms with E-state index in [0.29, 0.717) is 6.54 Å². The summed E-state index contributed by atoms with van der Waals surface area (Å²) in [6.07, 6.45) is 3.95. The average molecular weight is 343 g/mol. The van der Waals surface area contributed by atoms with Crippen molar-refractivity contribution in [2.45, 2.75) is 51.2 Å². The van der Waals surface area contributed by atoms with E-state index in [4.69, 9.17) is 9.47 Å². The first-order chi connectivity index (χ1) is 12.1. The predicted octanol–water partition coefficient (Wildman–Crippen LogP) is 3.09. The molecular formula is C20H25NO4. The van der Waals surface area contributed by atoms with Gasteiger partial charge in [-0.1, -0.05) is 24.6 Å². The quantitative estimate of drug-likeness (QED) is 0.625. The fraction of sp³-hybridized carbons (Fsp3) is 0.600. The molecule has 2 aliphatic heterocycles. The van der Waals surface area contributed by atoms with Crippen LogP contribution in [-0.4, -0.2) is 35.7 Å². The summed E-state index contributed by atoms with van der Waals surface area (Å²) in [6.45, 7) is 4.58. The highest BCUT2D eigenvalue weighted by molar-refractivity contribution is 6.00. The van der Waals surface area contributed by atoms with Crippen molar-refractivity contribution in [2.75, 3.05) is 13.2 Å². The highest BCUT2D eigenvalue weighted by Gasteiger charge is 2.64. The smallest absolute Gasteiger partial charge is 0.319 e. The molecule has 1 saturated carbocycles. The second-order valence-electron chi connectivity index (χ2n) is 7.17. The summed E-state index contributed by atoms with van der Waals surface area (Å²) >= 11 is 0. The Morgan fingerprint density at radius 2 is 2.12 bits per heavy atom. The maximum absolute atomic E-state index is 13.3. The average Bonchev–Trinajstić information content (AvgIpc) is 2.61. The summed E-state index contributed by atoms with van der Waals surface area (Å²) in [5, 5.41) is 0. The highest BCUT2D eigenvalue weighted by atomic mass is 16.5. The summed E-state index contributed by atoms with van der Waals surface area (Å²) in [6, 6.07) is 7.86. The molecule has 2 bridgehead atoms. The number of hydrogen-bond donors (Lipinski definition) is 0. The van der Waals surface area contributed by atoms with Crippen molar-refractivity contribution < 1.29 is 19.1 Å². The zero-order valence-corrected chi connectivity index (χ0v) is 14.9. The molecule has 0 unspecified atom stereocenters. The maximum atomic E-state index is 13.3. The van der Waals surface area contributed by atoms with Gasteiger partial charge in [0.05, 0.1) is 6.61 Å². The van der Waals surface area contributed by atoms with Crippen LogP contribution in [0.2, 0.25) is 0 Å². The molecule has 1 aromatic carbocycles. The number of benzene rings is 1. The molecule has 134 valence electrons. The number of carbonyl (C=O) groups excluding carboxylic acids is 2. The predicted molar refractivity (Wildman–Crippen MR) is 92.0 cm³/mol. The van der Waals surface area contributed by atoms with Crippen LogP contribution >= 0.6 is 0 Å². The molecule has 1 saturated heterocycles. The number of fused-ring (bicyclic) bond motifs is 2. The van der Waals surface area contributed by atoms with E-state index in [1.54, 1.807) is 6.92 Å². The number of amides is 1. The second kappa shape index (κ2) is 6.04. The maximum Gasteiger partial charge on any atom is 0.319 e. The minimum Gasteiger partial charge on any atom is -0.467 e. The van der Waals surface area contributed by atoms with Crippen LogP contribution < -0.4 is 4.74 Å². The largest absolute Gasteiger partial charge is 0.467 e. The number of para-hydroxylation sites is 1. The number of carbonyl (C=O) groups is 2. The molecule has 0 spiro atoms. The van der Waals surface area contributed by atoms with Gasteiger partial charge in [-0.05, 0) is 38.3 Å². The number of nitrogens with zero attached hydrogens (tertiary/aromatic N) is 1. The number of ether oxygens (including phenoxy) is 2. The van der Waals surface area contributed by atoms with E-state index in [9.17, 15) is 9.59 Å². The van der Waals surface area contributed by atoms with Crippen LogP contribution in [0.3, 0.4) is 0 Å². The van der Waals surface area contributed by atoms with Gasteiger partial charge in [-0.3, -0.25) is 9.59 Å². The summed E-state index contributed by atoms with van der Waals surface area (Å²) in [4.78, 5) is 27.8. The van der Waals surface area contributed by atoms with Gasteiger partial charge in [0, 0.05) is 24.8 Å². The molecule has 1 amide bonds. The summed E-state index contributed by atoms with van der Waals surface area (Å²) < 4.78 is 11.8. The van der Waals surface area contributed by atoms with E-state index in [-0.39, 0.29) is 24.3 Å². The van der Waals surface area contributed by atoms with Crippen LogP contribution in [0.25, 0.3) is 0 Å². The van der Waals surface area contributed by atoms with Gasteiger partial charge in [-0.2, -0.15) is 0 Å². The lowest BCUT2D eigenvalue weighted by molar-refractivity contribution is -0.210. The molecular weight excluding hydrogens is 318 g/mol. The molecule has 2 fully saturated rings. The van der Waals surface area contributed by atoms with Gasteiger partial charge < -0.3 is 14.4 Å². The van der Waals surface area contributed by atoms with Crippen LogP contribution in [0.5, 0.6) is 5.75 Å². The molecule has 0 N–H and O–H groups in total. The number of likely N-dealkylation sites (tertiary alicyclic amines) is 1. The fourth-order valence-corrected chi connectivity index (χ4v) is 5.21. The van der Waals surface area contributed by atoms with Crippen molar-refractivity contribution in [2.24, 2.45) is 11.8 Å². The second-order valence-corrected chi connectivity index (χ2v) is 7.17. The normalized spacial score (nSPS) is 33.1. The molecule has 0 aromatic heterocycles. The van der Waals surface area contributed by atoms with E-state index in [0.717, 1.165) is 37.0 Å². The Kier molecular flexibility index (Phi) is 3.97. The van der Waals surface area contributed by atoms with E-state index < -0.39 is 17.6 Å². The monoisotopic (exact) mass is 343 g/mol. The zero-order valence-electron chi connectivity index (χ0n) is 14.9. The first kappa shape index (κ1) is 16.4. The van der Waals surface area contributed by atoms with Gasteiger partial charge >= 0.3 is 5.97 Å². The Bertz CT molecular complexity index is 703. The number of hydrogen-bond acceptors (Lipinski definition) is 4. The molecule has 1 aromatic rings. The molecule has 4 atom stereocenters. The third-order valence-corrected chi connectivity index (χ3v) is 6.08. The summed E-state index contributed by atoms with van der Waals surface area (Å²) in [7, 11) is 0. The summed E-state index contributed by atoms with van der Waals surface area (Å²) in [5.41, 5.74) is 0.374. The zero-order chi connectivity index (χ0) is 17.6. The molecule has 25 heavy (non-hydrogen) atoms. The number of piperidine rings is 1. The van der Waals surface area contributed by atoms with Crippen molar-refractivity contribution in [3.8, 4) is 5.75 Å². The number of esters is 1. The van der Waals surface area contributed by atoms with Crippen LogP contribution in [-0.2, 0) is 14.3 Å². The third kappa shape index (κ3) is 2.21. The Balaban J connectivity index is 1.90. The van der Waals surface area contributed by atoms with Crippen molar-refractivity contribution in [3.63, 3.8) is 0 Å². The molecule has 4 rings (SSSR count). The lowest BCUT2D eigenvalue weighted by Crippen LogP contribution is -2.70. The standard InChI is InChI=1S/C20H25NO4/c1-3-21-18(22)17(19(23)24-4-2)16-13-9-5-6-11-15(13)25-20(21)12-8-7-10-14(16)20/h5-6,9,11,14,16-17H,3-4,7-8,10,12H2,1-2H3/t14-,16-,17-,20-/m1/s1. The molecule has 3 aliphatic rings.